The van der Waals surface area contributed by atoms with E-state index in [2.05, 4.69) is 10.3 Å². The summed E-state index contributed by atoms with van der Waals surface area (Å²) < 4.78 is 5.23. The minimum atomic E-state index is -0.577. The number of hydrogen-bond donors (Lipinski definition) is 1. The monoisotopic (exact) mass is 324 g/mol. The normalized spacial score (nSPS) is 10.5. The van der Waals surface area contributed by atoms with Gasteiger partial charge in [0.15, 0.2) is 5.69 Å². The molecule has 2 aromatic rings. The predicted molar refractivity (Wildman–Crippen MR) is 84.4 cm³/mol. The predicted octanol–water partition coefficient (Wildman–Crippen LogP) is 4.43. The Morgan fingerprint density at radius 3 is 2.67 bits per heavy atom. The third-order valence-electron chi connectivity index (χ3n) is 2.49. The maximum absolute atomic E-state index is 12.1. The van der Waals surface area contributed by atoms with Crippen LogP contribution < -0.4 is 10.1 Å². The zero-order chi connectivity index (χ0) is 15.4. The van der Waals surface area contributed by atoms with Crippen molar-refractivity contribution in [3.05, 3.63) is 52.1 Å². The summed E-state index contributed by atoms with van der Waals surface area (Å²) in [6.45, 7) is 3.97. The molecule has 0 saturated heterocycles. The third-order valence-corrected chi connectivity index (χ3v) is 3.02. The molecule has 110 valence electrons. The number of carbonyl (C=O) groups is 1. The molecule has 0 radical (unpaired) electrons. The molecule has 4 nitrogen and oxygen atoms in total. The van der Waals surface area contributed by atoms with E-state index in [1.165, 1.54) is 6.07 Å². The van der Waals surface area contributed by atoms with Gasteiger partial charge in [0.25, 0.3) is 0 Å². The van der Waals surface area contributed by atoms with E-state index in [0.717, 1.165) is 0 Å². The fourth-order valence-electron chi connectivity index (χ4n) is 1.63. The summed E-state index contributed by atoms with van der Waals surface area (Å²) in [7, 11) is 0. The van der Waals surface area contributed by atoms with Crippen molar-refractivity contribution >= 4 is 35.0 Å². The second kappa shape index (κ2) is 6.78. The number of rotatable bonds is 4. The minimum absolute atomic E-state index is 0.201. The number of carbonyl (C=O) groups excluding carboxylic acids is 1. The first-order valence-electron chi connectivity index (χ1n) is 6.36. The number of pyridine rings is 1. The molecule has 0 amide bonds. The van der Waals surface area contributed by atoms with Crippen LogP contribution in [-0.2, 0) is 0 Å². The maximum Gasteiger partial charge on any atom is 0.362 e. The average molecular weight is 325 g/mol. The van der Waals surface area contributed by atoms with Gasteiger partial charge in [-0.1, -0.05) is 29.3 Å². The molecule has 0 aliphatic heterocycles. The topological polar surface area (TPSA) is 51.2 Å². The van der Waals surface area contributed by atoms with Gasteiger partial charge in [0, 0.05) is 11.1 Å². The van der Waals surface area contributed by atoms with Crippen LogP contribution in [0.15, 0.2) is 36.4 Å². The van der Waals surface area contributed by atoms with Gasteiger partial charge in [0.1, 0.15) is 11.6 Å². The minimum Gasteiger partial charge on any atom is -0.420 e. The van der Waals surface area contributed by atoms with Crippen molar-refractivity contribution in [1.82, 2.24) is 4.98 Å². The lowest BCUT2D eigenvalue weighted by molar-refractivity contribution is 0.0729. The molecule has 1 heterocycles. The van der Waals surface area contributed by atoms with E-state index >= 15 is 0 Å². The molecule has 21 heavy (non-hydrogen) atoms. The van der Waals surface area contributed by atoms with E-state index in [0.29, 0.717) is 10.8 Å². The molecule has 0 aliphatic carbocycles. The van der Waals surface area contributed by atoms with E-state index < -0.39 is 5.97 Å². The van der Waals surface area contributed by atoms with Crippen molar-refractivity contribution in [2.24, 2.45) is 0 Å². The van der Waals surface area contributed by atoms with Crippen molar-refractivity contribution in [3.8, 4) is 5.75 Å². The Labute approximate surface area is 133 Å². The first-order valence-corrected chi connectivity index (χ1v) is 7.12. The Hall–Kier alpha value is -1.78. The highest BCUT2D eigenvalue weighted by Gasteiger charge is 2.13. The molecule has 0 aliphatic rings. The van der Waals surface area contributed by atoms with Crippen LogP contribution in [0, 0.1) is 0 Å². The van der Waals surface area contributed by atoms with Gasteiger partial charge < -0.3 is 10.1 Å². The van der Waals surface area contributed by atoms with Crippen LogP contribution >= 0.6 is 23.2 Å². The molecular weight excluding hydrogens is 311 g/mol. The van der Waals surface area contributed by atoms with E-state index in [9.17, 15) is 4.79 Å². The quantitative estimate of drug-likeness (QED) is 0.667. The largest absolute Gasteiger partial charge is 0.420 e. The number of ether oxygens (including phenoxy) is 1. The zero-order valence-electron chi connectivity index (χ0n) is 11.6. The number of nitrogens with one attached hydrogen (secondary N) is 1. The second-order valence-electron chi connectivity index (χ2n) is 4.67. The van der Waals surface area contributed by atoms with E-state index in [1.807, 2.05) is 13.8 Å². The number of anilines is 1. The lowest BCUT2D eigenvalue weighted by atomic mass is 10.3. The molecule has 1 aromatic carbocycles. The summed E-state index contributed by atoms with van der Waals surface area (Å²) in [6, 6.07) is 9.96. The Kier molecular flexibility index (Phi) is 5.04. The van der Waals surface area contributed by atoms with Crippen LogP contribution in [0.3, 0.4) is 0 Å². The van der Waals surface area contributed by atoms with Crippen molar-refractivity contribution in [2.45, 2.75) is 19.9 Å². The number of aromatic nitrogens is 1. The molecular formula is C15H14Cl2N2O2. The smallest absolute Gasteiger partial charge is 0.362 e. The Morgan fingerprint density at radius 1 is 1.24 bits per heavy atom. The van der Waals surface area contributed by atoms with Gasteiger partial charge in [-0.2, -0.15) is 0 Å². The van der Waals surface area contributed by atoms with Crippen molar-refractivity contribution < 1.29 is 9.53 Å². The van der Waals surface area contributed by atoms with Crippen LogP contribution in [0.1, 0.15) is 24.3 Å². The molecule has 0 saturated carbocycles. The molecule has 0 fully saturated rings. The van der Waals surface area contributed by atoms with Gasteiger partial charge in [0.2, 0.25) is 0 Å². The highest BCUT2D eigenvalue weighted by atomic mass is 35.5. The summed E-state index contributed by atoms with van der Waals surface area (Å²) >= 11 is 11.8. The summed E-state index contributed by atoms with van der Waals surface area (Å²) in [4.78, 5) is 16.3. The SMILES string of the molecule is CC(C)Nc1cccc(C(=O)Oc2ccc(Cl)cc2Cl)n1. The van der Waals surface area contributed by atoms with Crippen LogP contribution in [-0.4, -0.2) is 17.0 Å². The second-order valence-corrected chi connectivity index (χ2v) is 5.52. The third kappa shape index (κ3) is 4.34. The van der Waals surface area contributed by atoms with Crippen LogP contribution in [0.2, 0.25) is 10.0 Å². The number of hydrogen-bond acceptors (Lipinski definition) is 4. The van der Waals surface area contributed by atoms with Gasteiger partial charge in [0.05, 0.1) is 5.02 Å². The van der Waals surface area contributed by atoms with Crippen LogP contribution in [0.5, 0.6) is 5.75 Å². The Morgan fingerprint density at radius 2 is 2.00 bits per heavy atom. The molecule has 0 atom stereocenters. The average Bonchev–Trinajstić information content (AvgIpc) is 2.41. The molecule has 0 spiro atoms. The standard InChI is InChI=1S/C15H14Cl2N2O2/c1-9(2)18-14-5-3-4-12(19-14)15(20)21-13-7-6-10(16)8-11(13)17/h3-9H,1-2H3,(H,18,19). The lowest BCUT2D eigenvalue weighted by Gasteiger charge is -2.10. The number of nitrogens with zero attached hydrogens (tertiary/aromatic N) is 1. The lowest BCUT2D eigenvalue weighted by Crippen LogP contribution is -2.15. The fraction of sp³-hybridized carbons (Fsp3) is 0.200. The van der Waals surface area contributed by atoms with Gasteiger partial charge >= 0.3 is 5.97 Å². The highest BCUT2D eigenvalue weighted by Crippen LogP contribution is 2.28. The van der Waals surface area contributed by atoms with Gasteiger partial charge in [-0.25, -0.2) is 9.78 Å². The molecule has 0 bridgehead atoms. The van der Waals surface area contributed by atoms with Crippen LogP contribution in [0.4, 0.5) is 5.82 Å². The summed E-state index contributed by atoms with van der Waals surface area (Å²) in [6.07, 6.45) is 0. The summed E-state index contributed by atoms with van der Waals surface area (Å²) in [5, 5.41) is 3.86. The molecule has 1 N–H and O–H groups in total. The van der Waals surface area contributed by atoms with Crippen LogP contribution in [0.25, 0.3) is 0 Å². The maximum atomic E-state index is 12.1. The Balaban J connectivity index is 2.16. The number of halogens is 2. The van der Waals surface area contributed by atoms with Crippen molar-refractivity contribution in [1.29, 1.82) is 0 Å². The van der Waals surface area contributed by atoms with E-state index in [4.69, 9.17) is 27.9 Å². The highest BCUT2D eigenvalue weighted by molar-refractivity contribution is 6.35. The van der Waals surface area contributed by atoms with Gasteiger partial charge in [-0.05, 0) is 44.2 Å². The summed E-state index contributed by atoms with van der Waals surface area (Å²) in [5.41, 5.74) is 0.201. The first-order chi connectivity index (χ1) is 9.95. The van der Waals surface area contributed by atoms with Crippen molar-refractivity contribution in [3.63, 3.8) is 0 Å². The number of benzene rings is 1. The first kappa shape index (κ1) is 15.6. The Bertz CT molecular complexity index is 660. The number of esters is 1. The van der Waals surface area contributed by atoms with Gasteiger partial charge in [-0.15, -0.1) is 0 Å². The molecule has 1 aromatic heterocycles. The zero-order valence-corrected chi connectivity index (χ0v) is 13.1. The van der Waals surface area contributed by atoms with Crippen molar-refractivity contribution in [2.75, 3.05) is 5.32 Å². The fourth-order valence-corrected chi connectivity index (χ4v) is 2.08. The molecule has 2 rings (SSSR count). The summed E-state index contributed by atoms with van der Waals surface area (Å²) in [5.74, 6) is 0.281. The van der Waals surface area contributed by atoms with E-state index in [1.54, 1.807) is 30.3 Å². The van der Waals surface area contributed by atoms with E-state index in [-0.39, 0.29) is 22.5 Å². The molecule has 0 unspecified atom stereocenters. The molecule has 6 heteroatoms. The van der Waals surface area contributed by atoms with Gasteiger partial charge in [-0.3, -0.25) is 0 Å².